The average molecular weight is 375 g/mol. The Morgan fingerprint density at radius 1 is 1.15 bits per heavy atom. The molecule has 1 heterocycles. The van der Waals surface area contributed by atoms with Crippen LogP contribution >= 0.6 is 0 Å². The smallest absolute Gasteiger partial charge is 0.410 e. The van der Waals surface area contributed by atoms with Crippen LogP contribution in [-0.2, 0) is 9.53 Å². The second-order valence-corrected chi connectivity index (χ2v) is 8.42. The molecule has 1 unspecified atom stereocenters. The summed E-state index contributed by atoms with van der Waals surface area (Å²) in [6.45, 7) is 7.74. The lowest BCUT2D eigenvalue weighted by Crippen LogP contribution is -2.36. The van der Waals surface area contributed by atoms with Crippen LogP contribution in [0.4, 0.5) is 4.79 Å². The Hall–Kier alpha value is -2.04. The molecule has 1 fully saturated rings. The fraction of sp³-hybridized carbons (Fsp3) is 0.636. The molecule has 27 heavy (non-hydrogen) atoms. The van der Waals surface area contributed by atoms with Crippen LogP contribution in [0, 0.1) is 0 Å². The Balaban J connectivity index is 1.74. The van der Waals surface area contributed by atoms with Gasteiger partial charge in [0.25, 0.3) is 0 Å². The minimum Gasteiger partial charge on any atom is -0.444 e. The highest BCUT2D eigenvalue weighted by Crippen LogP contribution is 2.28. The van der Waals surface area contributed by atoms with Gasteiger partial charge < -0.3 is 14.5 Å². The van der Waals surface area contributed by atoms with Crippen LogP contribution < -0.4 is 0 Å². The molecular weight excluding hydrogens is 340 g/mol. The third-order valence-electron chi connectivity index (χ3n) is 4.94. The van der Waals surface area contributed by atoms with Crippen molar-refractivity contribution in [2.75, 3.05) is 26.7 Å². The first-order valence-corrected chi connectivity index (χ1v) is 10.0. The molecule has 1 aromatic carbocycles. The van der Waals surface area contributed by atoms with E-state index in [1.54, 1.807) is 11.9 Å². The Kier molecular flexibility index (Phi) is 7.69. The zero-order valence-corrected chi connectivity index (χ0v) is 17.2. The van der Waals surface area contributed by atoms with E-state index in [9.17, 15) is 9.59 Å². The number of carbonyl (C=O) groups excluding carboxylic acids is 2. The average Bonchev–Trinajstić information content (AvgIpc) is 2.87. The van der Waals surface area contributed by atoms with Gasteiger partial charge >= 0.3 is 6.09 Å². The van der Waals surface area contributed by atoms with Crippen LogP contribution in [0.2, 0.25) is 0 Å². The second kappa shape index (κ2) is 9.77. The van der Waals surface area contributed by atoms with E-state index in [1.165, 1.54) is 5.56 Å². The predicted octanol–water partition coefficient (Wildman–Crippen LogP) is 4.43. The first-order chi connectivity index (χ1) is 12.8. The Morgan fingerprint density at radius 2 is 1.85 bits per heavy atom. The van der Waals surface area contributed by atoms with Gasteiger partial charge in [0.05, 0.1) is 0 Å². The maximum absolute atomic E-state index is 12.6. The maximum atomic E-state index is 12.6. The first-order valence-electron chi connectivity index (χ1n) is 10.0. The quantitative estimate of drug-likeness (QED) is 0.766. The van der Waals surface area contributed by atoms with Gasteiger partial charge in [0.15, 0.2) is 0 Å². The molecule has 5 heteroatoms. The maximum Gasteiger partial charge on any atom is 0.410 e. The summed E-state index contributed by atoms with van der Waals surface area (Å²) in [5.74, 6) is 0.739. The van der Waals surface area contributed by atoms with Crippen molar-refractivity contribution in [3.63, 3.8) is 0 Å². The van der Waals surface area contributed by atoms with Crippen molar-refractivity contribution in [1.29, 1.82) is 0 Å². The third kappa shape index (κ3) is 7.24. The number of likely N-dealkylation sites (tertiary alicyclic amines) is 1. The van der Waals surface area contributed by atoms with Gasteiger partial charge in [-0.3, -0.25) is 4.79 Å². The first kappa shape index (κ1) is 21.3. The Morgan fingerprint density at radius 3 is 2.52 bits per heavy atom. The summed E-state index contributed by atoms with van der Waals surface area (Å²) in [6, 6.07) is 10.6. The molecule has 0 aromatic heterocycles. The number of hydrogen-bond acceptors (Lipinski definition) is 3. The zero-order chi connectivity index (χ0) is 19.9. The topological polar surface area (TPSA) is 49.9 Å². The molecule has 0 aliphatic carbocycles. The van der Waals surface area contributed by atoms with E-state index >= 15 is 0 Å². The summed E-state index contributed by atoms with van der Waals surface area (Å²) in [6.07, 6.45) is 4.00. The van der Waals surface area contributed by atoms with Crippen LogP contribution in [0.3, 0.4) is 0 Å². The van der Waals surface area contributed by atoms with Gasteiger partial charge in [-0.25, -0.2) is 4.79 Å². The van der Waals surface area contributed by atoms with Crippen LogP contribution in [0.15, 0.2) is 30.3 Å². The molecule has 0 saturated carbocycles. The molecule has 5 nitrogen and oxygen atoms in total. The molecule has 2 rings (SSSR count). The summed E-state index contributed by atoms with van der Waals surface area (Å²) in [5.41, 5.74) is 0.883. The Bertz CT molecular complexity index is 610. The molecular formula is C22H34N2O3. The molecule has 0 spiro atoms. The van der Waals surface area contributed by atoms with Crippen LogP contribution in [0.5, 0.6) is 0 Å². The van der Waals surface area contributed by atoms with Crippen molar-refractivity contribution >= 4 is 12.0 Å². The molecule has 1 atom stereocenters. The molecule has 1 saturated heterocycles. The van der Waals surface area contributed by atoms with Gasteiger partial charge in [0.2, 0.25) is 5.91 Å². The number of nitrogens with zero attached hydrogens (tertiary/aromatic N) is 2. The summed E-state index contributed by atoms with van der Waals surface area (Å²) in [5, 5.41) is 0. The largest absolute Gasteiger partial charge is 0.444 e. The van der Waals surface area contributed by atoms with E-state index in [0.29, 0.717) is 25.3 Å². The summed E-state index contributed by atoms with van der Waals surface area (Å²) < 4.78 is 5.34. The minimum atomic E-state index is -0.498. The number of rotatable bonds is 5. The molecule has 2 amide bonds. The van der Waals surface area contributed by atoms with E-state index in [0.717, 1.165) is 32.4 Å². The van der Waals surface area contributed by atoms with Crippen LogP contribution in [-0.4, -0.2) is 54.1 Å². The van der Waals surface area contributed by atoms with Crippen molar-refractivity contribution in [2.24, 2.45) is 0 Å². The lowest BCUT2D eigenvalue weighted by Gasteiger charge is -2.25. The summed E-state index contributed by atoms with van der Waals surface area (Å²) in [7, 11) is 1.72. The van der Waals surface area contributed by atoms with Crippen molar-refractivity contribution in [1.82, 2.24) is 9.80 Å². The van der Waals surface area contributed by atoms with Gasteiger partial charge in [0.1, 0.15) is 5.60 Å². The van der Waals surface area contributed by atoms with Gasteiger partial charge in [-0.05, 0) is 57.9 Å². The number of benzene rings is 1. The van der Waals surface area contributed by atoms with E-state index in [-0.39, 0.29) is 12.0 Å². The van der Waals surface area contributed by atoms with Crippen molar-refractivity contribution < 1.29 is 14.3 Å². The van der Waals surface area contributed by atoms with Crippen LogP contribution in [0.1, 0.15) is 64.4 Å². The normalized spacial score (nSPS) is 17.9. The lowest BCUT2D eigenvalue weighted by atomic mass is 9.92. The molecule has 0 radical (unpaired) electrons. The third-order valence-corrected chi connectivity index (χ3v) is 4.94. The fourth-order valence-corrected chi connectivity index (χ4v) is 3.46. The second-order valence-electron chi connectivity index (χ2n) is 8.42. The number of hydrogen-bond donors (Lipinski definition) is 0. The van der Waals surface area contributed by atoms with E-state index in [4.69, 9.17) is 4.74 Å². The molecule has 0 N–H and O–H groups in total. The predicted molar refractivity (Wildman–Crippen MR) is 108 cm³/mol. The molecule has 150 valence electrons. The van der Waals surface area contributed by atoms with E-state index < -0.39 is 5.60 Å². The Labute approximate surface area is 163 Å². The lowest BCUT2D eigenvalue weighted by molar-refractivity contribution is -0.131. The SMILES string of the molecule is CN(CCCC(=O)N1CCCC(c2ccccc2)CC1)C(=O)OC(C)(C)C. The van der Waals surface area contributed by atoms with Gasteiger partial charge in [-0.1, -0.05) is 30.3 Å². The highest BCUT2D eigenvalue weighted by Gasteiger charge is 2.22. The molecule has 0 bridgehead atoms. The van der Waals surface area contributed by atoms with Gasteiger partial charge in [-0.15, -0.1) is 0 Å². The van der Waals surface area contributed by atoms with E-state index in [1.807, 2.05) is 31.7 Å². The fourth-order valence-electron chi connectivity index (χ4n) is 3.46. The summed E-state index contributed by atoms with van der Waals surface area (Å²) >= 11 is 0. The van der Waals surface area contributed by atoms with Crippen molar-refractivity contribution in [3.05, 3.63) is 35.9 Å². The highest BCUT2D eigenvalue weighted by molar-refractivity contribution is 5.76. The van der Waals surface area contributed by atoms with Crippen molar-refractivity contribution in [3.8, 4) is 0 Å². The summed E-state index contributed by atoms with van der Waals surface area (Å²) in [4.78, 5) is 28.1. The molecule has 1 aromatic rings. The minimum absolute atomic E-state index is 0.196. The zero-order valence-electron chi connectivity index (χ0n) is 17.2. The number of ether oxygens (including phenoxy) is 1. The number of carbonyl (C=O) groups is 2. The number of amides is 2. The molecule has 1 aliphatic rings. The molecule has 1 aliphatic heterocycles. The standard InChI is InChI=1S/C22H34N2O3/c1-22(2,3)27-21(26)23(4)15-9-13-20(25)24-16-8-12-19(14-17-24)18-10-6-5-7-11-18/h5-7,10-11,19H,8-9,12-17H2,1-4H3. The van der Waals surface area contributed by atoms with Crippen molar-refractivity contribution in [2.45, 2.75) is 64.4 Å². The monoisotopic (exact) mass is 374 g/mol. The van der Waals surface area contributed by atoms with Gasteiger partial charge in [0, 0.05) is 33.1 Å². The van der Waals surface area contributed by atoms with E-state index in [2.05, 4.69) is 24.3 Å². The van der Waals surface area contributed by atoms with Gasteiger partial charge in [-0.2, -0.15) is 0 Å². The highest BCUT2D eigenvalue weighted by atomic mass is 16.6. The van der Waals surface area contributed by atoms with Crippen LogP contribution in [0.25, 0.3) is 0 Å².